The normalized spacial score (nSPS) is 19.8. The Morgan fingerprint density at radius 3 is 2.24 bits per heavy atom. The average Bonchev–Trinajstić information content (AvgIpc) is 2.39. The first-order chi connectivity index (χ1) is 8.19. The van der Waals surface area contributed by atoms with Gasteiger partial charge in [0.15, 0.2) is 0 Å². The highest BCUT2D eigenvalue weighted by molar-refractivity contribution is 4.82. The molecule has 0 aromatic heterocycles. The summed E-state index contributed by atoms with van der Waals surface area (Å²) in [6.07, 6.45) is 4.61. The van der Waals surface area contributed by atoms with E-state index < -0.39 is 0 Å². The molecule has 1 saturated heterocycles. The summed E-state index contributed by atoms with van der Waals surface area (Å²) in [5, 5.41) is 9.60. The molecule has 3 heteroatoms. The fourth-order valence-electron chi connectivity index (χ4n) is 2.77. The molecule has 0 aromatic rings. The molecule has 0 aliphatic carbocycles. The number of methoxy groups -OCH3 is 1. The molecule has 0 saturated carbocycles. The second-order valence-corrected chi connectivity index (χ2v) is 5.54. The van der Waals surface area contributed by atoms with Gasteiger partial charge < -0.3 is 14.7 Å². The third-order valence-corrected chi connectivity index (χ3v) is 4.50. The van der Waals surface area contributed by atoms with Gasteiger partial charge in [0.1, 0.15) is 0 Å². The predicted molar refractivity (Wildman–Crippen MR) is 71.1 cm³/mol. The van der Waals surface area contributed by atoms with Gasteiger partial charge in [-0.05, 0) is 44.7 Å². The SMILES string of the molecule is CCC(CC)(CO)CN1CCC(COC)CC1. The number of rotatable bonds is 7. The van der Waals surface area contributed by atoms with Gasteiger partial charge in [-0.3, -0.25) is 0 Å². The fourth-order valence-corrected chi connectivity index (χ4v) is 2.77. The lowest BCUT2D eigenvalue weighted by atomic mass is 9.82. The highest BCUT2D eigenvalue weighted by atomic mass is 16.5. The van der Waals surface area contributed by atoms with Gasteiger partial charge >= 0.3 is 0 Å². The summed E-state index contributed by atoms with van der Waals surface area (Å²) in [7, 11) is 1.79. The summed E-state index contributed by atoms with van der Waals surface area (Å²) < 4.78 is 5.22. The van der Waals surface area contributed by atoms with Crippen molar-refractivity contribution in [3.05, 3.63) is 0 Å². The number of piperidine rings is 1. The first kappa shape index (κ1) is 14.9. The average molecular weight is 243 g/mol. The predicted octanol–water partition coefficient (Wildman–Crippen LogP) is 2.14. The van der Waals surface area contributed by atoms with Crippen molar-refractivity contribution in [2.24, 2.45) is 11.3 Å². The Hall–Kier alpha value is -0.120. The molecule has 1 aliphatic rings. The van der Waals surface area contributed by atoms with Crippen molar-refractivity contribution in [1.82, 2.24) is 4.90 Å². The van der Waals surface area contributed by atoms with Crippen molar-refractivity contribution in [2.75, 3.05) is 40.0 Å². The van der Waals surface area contributed by atoms with E-state index in [0.717, 1.165) is 45.0 Å². The Balaban J connectivity index is 2.38. The van der Waals surface area contributed by atoms with Crippen LogP contribution in [-0.2, 0) is 4.74 Å². The minimum absolute atomic E-state index is 0.119. The molecule has 1 rings (SSSR count). The molecule has 17 heavy (non-hydrogen) atoms. The van der Waals surface area contributed by atoms with Gasteiger partial charge in [0.25, 0.3) is 0 Å². The van der Waals surface area contributed by atoms with Gasteiger partial charge in [-0.1, -0.05) is 13.8 Å². The Morgan fingerprint density at radius 1 is 1.24 bits per heavy atom. The second kappa shape index (κ2) is 7.34. The van der Waals surface area contributed by atoms with Crippen LogP contribution in [0.15, 0.2) is 0 Å². The van der Waals surface area contributed by atoms with Gasteiger partial charge in [-0.15, -0.1) is 0 Å². The summed E-state index contributed by atoms with van der Waals surface area (Å²) in [4.78, 5) is 2.52. The number of likely N-dealkylation sites (tertiary alicyclic amines) is 1. The van der Waals surface area contributed by atoms with E-state index >= 15 is 0 Å². The van der Waals surface area contributed by atoms with Crippen molar-refractivity contribution in [1.29, 1.82) is 0 Å². The Labute approximate surface area is 106 Å². The van der Waals surface area contributed by atoms with Gasteiger partial charge in [0.2, 0.25) is 0 Å². The van der Waals surface area contributed by atoms with Crippen LogP contribution in [0.1, 0.15) is 39.5 Å². The van der Waals surface area contributed by atoms with Crippen LogP contribution in [0, 0.1) is 11.3 Å². The lowest BCUT2D eigenvalue weighted by molar-refractivity contribution is 0.0388. The molecule has 0 unspecified atom stereocenters. The topological polar surface area (TPSA) is 32.7 Å². The molecule has 0 amide bonds. The van der Waals surface area contributed by atoms with Crippen LogP contribution in [0.25, 0.3) is 0 Å². The monoisotopic (exact) mass is 243 g/mol. The number of hydrogen-bond donors (Lipinski definition) is 1. The molecule has 102 valence electrons. The molecule has 0 aromatic carbocycles. The van der Waals surface area contributed by atoms with Crippen molar-refractivity contribution in [2.45, 2.75) is 39.5 Å². The zero-order valence-corrected chi connectivity index (χ0v) is 11.7. The minimum atomic E-state index is 0.119. The number of hydrogen-bond acceptors (Lipinski definition) is 3. The molecule has 1 heterocycles. The largest absolute Gasteiger partial charge is 0.396 e. The zero-order chi connectivity index (χ0) is 12.7. The summed E-state index contributed by atoms with van der Waals surface area (Å²) >= 11 is 0. The maximum Gasteiger partial charge on any atom is 0.0499 e. The van der Waals surface area contributed by atoms with Crippen LogP contribution < -0.4 is 0 Å². The quantitative estimate of drug-likeness (QED) is 0.743. The van der Waals surface area contributed by atoms with Crippen molar-refractivity contribution in [3.63, 3.8) is 0 Å². The van der Waals surface area contributed by atoms with Crippen LogP contribution in [0.2, 0.25) is 0 Å². The van der Waals surface area contributed by atoms with E-state index in [4.69, 9.17) is 4.74 Å². The van der Waals surface area contributed by atoms with Crippen LogP contribution in [0.3, 0.4) is 0 Å². The number of ether oxygens (including phenoxy) is 1. The number of aliphatic hydroxyl groups is 1. The Bertz CT molecular complexity index is 188. The fraction of sp³-hybridized carbons (Fsp3) is 1.00. The number of nitrogens with zero attached hydrogens (tertiary/aromatic N) is 1. The lowest BCUT2D eigenvalue weighted by Gasteiger charge is -2.39. The Kier molecular flexibility index (Phi) is 6.45. The van der Waals surface area contributed by atoms with E-state index in [2.05, 4.69) is 18.7 Å². The summed E-state index contributed by atoms with van der Waals surface area (Å²) in [6, 6.07) is 0. The van der Waals surface area contributed by atoms with E-state index in [1.807, 2.05) is 0 Å². The van der Waals surface area contributed by atoms with Crippen LogP contribution >= 0.6 is 0 Å². The van der Waals surface area contributed by atoms with E-state index in [-0.39, 0.29) is 5.41 Å². The summed E-state index contributed by atoms with van der Waals surface area (Å²) in [6.45, 7) is 8.98. The lowest BCUT2D eigenvalue weighted by Crippen LogP contribution is -2.43. The standard InChI is InChI=1S/C14H29NO2/c1-4-14(5-2,12-16)11-15-8-6-13(7-9-15)10-17-3/h13,16H,4-12H2,1-3H3. The molecule has 3 nitrogen and oxygen atoms in total. The number of aliphatic hydroxyl groups excluding tert-OH is 1. The Morgan fingerprint density at radius 2 is 1.82 bits per heavy atom. The van der Waals surface area contributed by atoms with Gasteiger partial charge in [0.05, 0.1) is 0 Å². The molecule has 1 N–H and O–H groups in total. The molecule has 0 atom stereocenters. The molecule has 0 spiro atoms. The highest BCUT2D eigenvalue weighted by Crippen LogP contribution is 2.29. The van der Waals surface area contributed by atoms with E-state index in [0.29, 0.717) is 6.61 Å². The van der Waals surface area contributed by atoms with Gasteiger partial charge in [-0.2, -0.15) is 0 Å². The van der Waals surface area contributed by atoms with Crippen molar-refractivity contribution < 1.29 is 9.84 Å². The van der Waals surface area contributed by atoms with E-state index in [1.54, 1.807) is 7.11 Å². The minimum Gasteiger partial charge on any atom is -0.396 e. The van der Waals surface area contributed by atoms with E-state index in [9.17, 15) is 5.11 Å². The van der Waals surface area contributed by atoms with Crippen molar-refractivity contribution >= 4 is 0 Å². The van der Waals surface area contributed by atoms with Crippen LogP contribution in [0.5, 0.6) is 0 Å². The first-order valence-electron chi connectivity index (χ1n) is 7.02. The molecule has 0 radical (unpaired) electrons. The second-order valence-electron chi connectivity index (χ2n) is 5.54. The molecule has 1 aliphatic heterocycles. The van der Waals surface area contributed by atoms with Crippen LogP contribution in [0.4, 0.5) is 0 Å². The third-order valence-electron chi connectivity index (χ3n) is 4.50. The maximum absolute atomic E-state index is 9.60. The highest BCUT2D eigenvalue weighted by Gasteiger charge is 2.29. The van der Waals surface area contributed by atoms with Crippen molar-refractivity contribution in [3.8, 4) is 0 Å². The van der Waals surface area contributed by atoms with Crippen LogP contribution in [-0.4, -0.2) is 50.0 Å². The first-order valence-corrected chi connectivity index (χ1v) is 7.02. The third kappa shape index (κ3) is 4.23. The maximum atomic E-state index is 9.60. The van der Waals surface area contributed by atoms with Gasteiger partial charge in [-0.25, -0.2) is 0 Å². The summed E-state index contributed by atoms with van der Waals surface area (Å²) in [5.41, 5.74) is 0.119. The van der Waals surface area contributed by atoms with Gasteiger partial charge in [0, 0.05) is 32.3 Å². The molecular formula is C14H29NO2. The summed E-state index contributed by atoms with van der Waals surface area (Å²) in [5.74, 6) is 0.739. The smallest absolute Gasteiger partial charge is 0.0499 e. The van der Waals surface area contributed by atoms with E-state index in [1.165, 1.54) is 12.8 Å². The molecule has 0 bridgehead atoms. The zero-order valence-electron chi connectivity index (χ0n) is 11.7. The molecular weight excluding hydrogens is 214 g/mol. The molecule has 1 fully saturated rings.